The van der Waals surface area contributed by atoms with Crippen LogP contribution in [-0.2, 0) is 16.8 Å². The smallest absolute Gasteiger partial charge is 0.251 e. The van der Waals surface area contributed by atoms with Crippen molar-refractivity contribution in [3.63, 3.8) is 0 Å². The number of hydrogen-bond donors (Lipinski definition) is 1. The van der Waals surface area contributed by atoms with Crippen LogP contribution >= 0.6 is 0 Å². The van der Waals surface area contributed by atoms with Crippen molar-refractivity contribution in [1.82, 2.24) is 19.7 Å². The number of piperidine rings is 1. The van der Waals surface area contributed by atoms with Gasteiger partial charge in [-0.1, -0.05) is 12.1 Å². The number of pyridine rings is 1. The number of nitrogens with zero attached hydrogens (tertiary/aromatic N) is 4. The highest BCUT2D eigenvalue weighted by molar-refractivity contribution is 5.92. The zero-order valence-corrected chi connectivity index (χ0v) is 24.4. The maximum Gasteiger partial charge on any atom is 0.251 e. The Bertz CT molecular complexity index is 1540. The number of carbonyl (C=O) groups is 1. The van der Waals surface area contributed by atoms with Crippen LogP contribution in [0.2, 0.25) is 0 Å². The molecule has 0 aliphatic carbocycles. The number of likely N-dealkylation sites (tertiary alicyclic amines) is 1. The highest BCUT2D eigenvalue weighted by Gasteiger charge is 2.23. The SMILES string of the molecule is Cc1cc(CC(=O)Nc2cnn(C(C)(C)C)c2)ccc1Oc1ccnc2ccc(OC3CCN(CC(F)F)CC3)cc12. The van der Waals surface area contributed by atoms with Crippen LogP contribution in [-0.4, -0.2) is 57.7 Å². The van der Waals surface area contributed by atoms with Crippen LogP contribution in [0.4, 0.5) is 14.5 Å². The Morgan fingerprint density at radius 1 is 1.10 bits per heavy atom. The molecule has 0 unspecified atom stereocenters. The third-order valence-corrected chi connectivity index (χ3v) is 7.28. The molecule has 42 heavy (non-hydrogen) atoms. The fourth-order valence-corrected chi connectivity index (χ4v) is 5.06. The Morgan fingerprint density at radius 3 is 2.57 bits per heavy atom. The number of benzene rings is 2. The number of fused-ring (bicyclic) bond motifs is 1. The molecule has 2 aromatic carbocycles. The van der Waals surface area contributed by atoms with Gasteiger partial charge in [0, 0.05) is 30.9 Å². The minimum absolute atomic E-state index is 0.0286. The lowest BCUT2D eigenvalue weighted by molar-refractivity contribution is -0.115. The lowest BCUT2D eigenvalue weighted by Gasteiger charge is -2.31. The summed E-state index contributed by atoms with van der Waals surface area (Å²) < 4.78 is 39.8. The maximum atomic E-state index is 12.7. The molecule has 1 aliphatic rings. The van der Waals surface area contributed by atoms with Gasteiger partial charge in [0.1, 0.15) is 23.4 Å². The number of anilines is 1. The molecule has 8 nitrogen and oxygen atoms in total. The van der Waals surface area contributed by atoms with Crippen molar-refractivity contribution in [2.24, 2.45) is 0 Å². The minimum atomic E-state index is -2.32. The van der Waals surface area contributed by atoms with Crippen molar-refractivity contribution in [2.75, 3.05) is 25.0 Å². The van der Waals surface area contributed by atoms with Crippen LogP contribution in [0.25, 0.3) is 10.9 Å². The molecule has 0 spiro atoms. The number of aryl methyl sites for hydroxylation is 1. The van der Waals surface area contributed by atoms with Gasteiger partial charge in [0.2, 0.25) is 5.91 Å². The van der Waals surface area contributed by atoms with Gasteiger partial charge < -0.3 is 14.8 Å². The van der Waals surface area contributed by atoms with E-state index in [2.05, 4.69) is 15.4 Å². The predicted octanol–water partition coefficient (Wildman–Crippen LogP) is 6.58. The number of ether oxygens (including phenoxy) is 2. The molecule has 4 aromatic rings. The quantitative estimate of drug-likeness (QED) is 0.242. The third-order valence-electron chi connectivity index (χ3n) is 7.28. The maximum absolute atomic E-state index is 12.7. The summed E-state index contributed by atoms with van der Waals surface area (Å²) in [6.45, 7) is 9.09. The number of amides is 1. The summed E-state index contributed by atoms with van der Waals surface area (Å²) in [7, 11) is 0. The standard InChI is InChI=1S/C32H37F2N5O3/c1-21-15-22(16-31(40)37-23-18-36-39(19-23)32(2,3)4)5-8-28(21)42-29-9-12-35-27-7-6-25(17-26(27)29)41-24-10-13-38(14-11-24)20-30(33)34/h5-9,12,15,17-19,24,30H,10-11,13-14,16,20H2,1-4H3,(H,37,40). The average molecular weight is 578 g/mol. The summed E-state index contributed by atoms with van der Waals surface area (Å²) >= 11 is 0. The molecule has 2 aromatic heterocycles. The first kappa shape index (κ1) is 29.4. The van der Waals surface area contributed by atoms with Gasteiger partial charge >= 0.3 is 0 Å². The molecule has 222 valence electrons. The molecule has 10 heteroatoms. The number of carbonyl (C=O) groups excluding carboxylic acids is 1. The van der Waals surface area contributed by atoms with Crippen molar-refractivity contribution >= 4 is 22.5 Å². The fourth-order valence-electron chi connectivity index (χ4n) is 5.06. The van der Waals surface area contributed by atoms with Crippen molar-refractivity contribution in [2.45, 2.75) is 65.0 Å². The molecule has 1 aliphatic heterocycles. The number of rotatable bonds is 9. The Morgan fingerprint density at radius 2 is 1.88 bits per heavy atom. The molecule has 0 saturated carbocycles. The second-order valence-electron chi connectivity index (χ2n) is 11.8. The van der Waals surface area contributed by atoms with E-state index in [1.807, 2.05) is 81.0 Å². The van der Waals surface area contributed by atoms with Crippen molar-refractivity contribution in [3.05, 3.63) is 72.2 Å². The second-order valence-corrected chi connectivity index (χ2v) is 11.8. The molecule has 1 N–H and O–H groups in total. The second kappa shape index (κ2) is 12.4. The molecule has 5 rings (SSSR count). The van der Waals surface area contributed by atoms with E-state index < -0.39 is 6.43 Å². The van der Waals surface area contributed by atoms with Gasteiger partial charge in [-0.25, -0.2) is 8.78 Å². The molecule has 1 fully saturated rings. The number of aromatic nitrogens is 3. The van der Waals surface area contributed by atoms with Crippen LogP contribution in [0.15, 0.2) is 61.1 Å². The van der Waals surface area contributed by atoms with Gasteiger partial charge in [-0.3, -0.25) is 19.4 Å². The Kier molecular flexibility index (Phi) is 8.72. The Hall–Kier alpha value is -4.05. The van der Waals surface area contributed by atoms with E-state index in [-0.39, 0.29) is 30.5 Å². The zero-order valence-electron chi connectivity index (χ0n) is 24.4. The van der Waals surface area contributed by atoms with Gasteiger partial charge in [0.05, 0.1) is 35.9 Å². The van der Waals surface area contributed by atoms with E-state index in [9.17, 15) is 13.6 Å². The van der Waals surface area contributed by atoms with Crippen molar-refractivity contribution in [1.29, 1.82) is 0 Å². The molecule has 0 bridgehead atoms. The third kappa shape index (κ3) is 7.42. The number of hydrogen-bond acceptors (Lipinski definition) is 6. The number of halogens is 2. The molecule has 0 atom stereocenters. The summed E-state index contributed by atoms with van der Waals surface area (Å²) in [6.07, 6.45) is 4.46. The van der Waals surface area contributed by atoms with Crippen LogP contribution in [0, 0.1) is 6.92 Å². The summed E-state index contributed by atoms with van der Waals surface area (Å²) in [6, 6.07) is 13.2. The lowest BCUT2D eigenvalue weighted by Crippen LogP contribution is -2.40. The van der Waals surface area contributed by atoms with Crippen molar-refractivity contribution < 1.29 is 23.0 Å². The zero-order chi connectivity index (χ0) is 29.9. The molecular formula is C32H37F2N5O3. The topological polar surface area (TPSA) is 81.5 Å². The average Bonchev–Trinajstić information content (AvgIpc) is 3.40. The van der Waals surface area contributed by atoms with Gasteiger partial charge in [0.25, 0.3) is 6.43 Å². The largest absolute Gasteiger partial charge is 0.490 e. The van der Waals surface area contributed by atoms with E-state index >= 15 is 0 Å². The first-order valence-corrected chi connectivity index (χ1v) is 14.2. The summed E-state index contributed by atoms with van der Waals surface area (Å²) in [4.78, 5) is 18.9. The summed E-state index contributed by atoms with van der Waals surface area (Å²) in [5, 5.41) is 8.05. The lowest BCUT2D eigenvalue weighted by atomic mass is 10.1. The summed E-state index contributed by atoms with van der Waals surface area (Å²) in [5.74, 6) is 1.89. The normalized spacial score (nSPS) is 14.8. The molecule has 1 saturated heterocycles. The number of alkyl halides is 2. The van der Waals surface area contributed by atoms with E-state index in [1.165, 1.54) is 0 Å². The van der Waals surface area contributed by atoms with E-state index in [0.29, 0.717) is 48.9 Å². The first-order chi connectivity index (χ1) is 20.0. The Labute approximate surface area is 244 Å². The fraction of sp³-hybridized carbons (Fsp3) is 0.406. The predicted molar refractivity (Wildman–Crippen MR) is 159 cm³/mol. The molecule has 1 amide bonds. The van der Waals surface area contributed by atoms with E-state index in [4.69, 9.17) is 9.47 Å². The highest BCUT2D eigenvalue weighted by atomic mass is 19.3. The van der Waals surface area contributed by atoms with Crippen LogP contribution < -0.4 is 14.8 Å². The van der Waals surface area contributed by atoms with Crippen LogP contribution in [0.3, 0.4) is 0 Å². The minimum Gasteiger partial charge on any atom is -0.490 e. The van der Waals surface area contributed by atoms with Gasteiger partial charge in [-0.15, -0.1) is 0 Å². The Balaban J connectivity index is 1.23. The highest BCUT2D eigenvalue weighted by Crippen LogP contribution is 2.34. The monoisotopic (exact) mass is 577 g/mol. The molecular weight excluding hydrogens is 540 g/mol. The molecule has 3 heterocycles. The summed E-state index contributed by atoms with van der Waals surface area (Å²) in [5.41, 5.74) is 3.04. The first-order valence-electron chi connectivity index (χ1n) is 14.2. The number of nitrogens with one attached hydrogen (secondary N) is 1. The van der Waals surface area contributed by atoms with Crippen LogP contribution in [0.5, 0.6) is 17.2 Å². The van der Waals surface area contributed by atoms with Gasteiger partial charge in [-0.2, -0.15) is 5.10 Å². The molecule has 0 radical (unpaired) electrons. The van der Waals surface area contributed by atoms with E-state index in [1.54, 1.807) is 17.3 Å². The van der Waals surface area contributed by atoms with Crippen LogP contribution in [0.1, 0.15) is 44.7 Å². The van der Waals surface area contributed by atoms with Gasteiger partial charge in [-0.05, 0) is 82.0 Å². The van der Waals surface area contributed by atoms with Crippen molar-refractivity contribution in [3.8, 4) is 17.2 Å². The van der Waals surface area contributed by atoms with Gasteiger partial charge in [0.15, 0.2) is 0 Å². The van der Waals surface area contributed by atoms with E-state index in [0.717, 1.165) is 22.0 Å².